The van der Waals surface area contributed by atoms with Crippen molar-refractivity contribution in [3.63, 3.8) is 0 Å². The molecule has 0 atom stereocenters. The number of thiazole rings is 1. The summed E-state index contributed by atoms with van der Waals surface area (Å²) in [6, 6.07) is 3.60. The minimum absolute atomic E-state index is 0.00489. The minimum atomic E-state index is -0.0627. The SMILES string of the molecule is CC(C)Oc1cccnc1C(=O)N1CCCN(c2nccs2)CC1. The van der Waals surface area contributed by atoms with Gasteiger partial charge < -0.3 is 14.5 Å². The van der Waals surface area contributed by atoms with Gasteiger partial charge in [0.1, 0.15) is 0 Å². The third-order valence-corrected chi connectivity index (χ3v) is 4.64. The Balaban J connectivity index is 1.72. The number of pyridine rings is 1. The Morgan fingerprint density at radius 1 is 1.21 bits per heavy atom. The van der Waals surface area contributed by atoms with Gasteiger partial charge in [-0.15, -0.1) is 11.3 Å². The van der Waals surface area contributed by atoms with E-state index < -0.39 is 0 Å². The van der Waals surface area contributed by atoms with Crippen LogP contribution in [0.3, 0.4) is 0 Å². The molecule has 0 aliphatic carbocycles. The van der Waals surface area contributed by atoms with Crippen LogP contribution in [0.15, 0.2) is 29.9 Å². The van der Waals surface area contributed by atoms with E-state index in [2.05, 4.69) is 14.9 Å². The van der Waals surface area contributed by atoms with Crippen LogP contribution in [0.5, 0.6) is 5.75 Å². The number of ether oxygens (including phenoxy) is 1. The van der Waals surface area contributed by atoms with Crippen LogP contribution in [0.4, 0.5) is 5.13 Å². The zero-order chi connectivity index (χ0) is 16.9. The number of aromatic nitrogens is 2. The summed E-state index contributed by atoms with van der Waals surface area (Å²) in [5.74, 6) is 0.491. The molecule has 1 fully saturated rings. The van der Waals surface area contributed by atoms with Gasteiger partial charge in [0.15, 0.2) is 16.6 Å². The fraction of sp³-hybridized carbons (Fsp3) is 0.471. The molecule has 0 bridgehead atoms. The second-order valence-electron chi connectivity index (χ2n) is 5.96. The van der Waals surface area contributed by atoms with E-state index in [9.17, 15) is 4.79 Å². The molecule has 0 aromatic carbocycles. The molecule has 0 saturated carbocycles. The Labute approximate surface area is 146 Å². The van der Waals surface area contributed by atoms with Crippen LogP contribution < -0.4 is 9.64 Å². The van der Waals surface area contributed by atoms with Gasteiger partial charge in [0.2, 0.25) is 0 Å². The van der Waals surface area contributed by atoms with Crippen LogP contribution in [-0.4, -0.2) is 53.1 Å². The topological polar surface area (TPSA) is 58.6 Å². The molecule has 1 aliphatic rings. The van der Waals surface area contributed by atoms with Gasteiger partial charge in [0, 0.05) is 44.0 Å². The van der Waals surface area contributed by atoms with Crippen molar-refractivity contribution in [2.75, 3.05) is 31.1 Å². The van der Waals surface area contributed by atoms with E-state index in [4.69, 9.17) is 4.74 Å². The summed E-state index contributed by atoms with van der Waals surface area (Å²) < 4.78 is 5.74. The van der Waals surface area contributed by atoms with Crippen LogP contribution in [0.25, 0.3) is 0 Å². The predicted octanol–water partition coefficient (Wildman–Crippen LogP) is 2.68. The average molecular weight is 346 g/mol. The van der Waals surface area contributed by atoms with Crippen LogP contribution in [0, 0.1) is 0 Å². The molecule has 0 radical (unpaired) electrons. The molecule has 0 N–H and O–H groups in total. The lowest BCUT2D eigenvalue weighted by Crippen LogP contribution is -2.36. The number of hydrogen-bond donors (Lipinski definition) is 0. The third-order valence-electron chi connectivity index (χ3n) is 3.81. The summed E-state index contributed by atoms with van der Waals surface area (Å²) >= 11 is 1.63. The summed E-state index contributed by atoms with van der Waals surface area (Å²) in [6.45, 7) is 6.97. The highest BCUT2D eigenvalue weighted by molar-refractivity contribution is 7.13. The van der Waals surface area contributed by atoms with E-state index in [1.807, 2.05) is 30.3 Å². The van der Waals surface area contributed by atoms with Gasteiger partial charge in [-0.25, -0.2) is 9.97 Å². The molecule has 1 aliphatic heterocycles. The van der Waals surface area contributed by atoms with Gasteiger partial charge in [-0.3, -0.25) is 4.79 Å². The van der Waals surface area contributed by atoms with Crippen molar-refractivity contribution in [2.45, 2.75) is 26.4 Å². The van der Waals surface area contributed by atoms with E-state index in [0.717, 1.165) is 31.2 Å². The second-order valence-corrected chi connectivity index (χ2v) is 6.84. The summed E-state index contributed by atoms with van der Waals surface area (Å²) in [7, 11) is 0. The standard InChI is InChI=1S/C17H22N4O2S/c1-13(2)23-14-5-3-6-18-15(14)16(22)20-8-4-9-21(11-10-20)17-19-7-12-24-17/h3,5-7,12-13H,4,8-11H2,1-2H3. The molecule has 128 valence electrons. The molecule has 3 rings (SSSR count). The number of amides is 1. The Morgan fingerprint density at radius 2 is 2.08 bits per heavy atom. The number of rotatable bonds is 4. The van der Waals surface area contributed by atoms with Gasteiger partial charge in [-0.05, 0) is 32.4 Å². The van der Waals surface area contributed by atoms with Gasteiger partial charge in [0.25, 0.3) is 5.91 Å². The highest BCUT2D eigenvalue weighted by Crippen LogP contribution is 2.22. The molecule has 24 heavy (non-hydrogen) atoms. The normalized spacial score (nSPS) is 15.5. The first-order valence-corrected chi connectivity index (χ1v) is 9.08. The van der Waals surface area contributed by atoms with Gasteiger partial charge >= 0.3 is 0 Å². The Hall–Kier alpha value is -2.15. The van der Waals surface area contributed by atoms with Crippen molar-refractivity contribution in [2.24, 2.45) is 0 Å². The van der Waals surface area contributed by atoms with Crippen molar-refractivity contribution < 1.29 is 9.53 Å². The third kappa shape index (κ3) is 3.84. The van der Waals surface area contributed by atoms with E-state index in [1.165, 1.54) is 0 Å². The number of hydrogen-bond acceptors (Lipinski definition) is 6. The molecule has 2 aromatic heterocycles. The number of carbonyl (C=O) groups is 1. The maximum absolute atomic E-state index is 12.9. The van der Waals surface area contributed by atoms with Crippen LogP contribution >= 0.6 is 11.3 Å². The first kappa shape index (κ1) is 16.7. The van der Waals surface area contributed by atoms with Crippen molar-refractivity contribution in [1.82, 2.24) is 14.9 Å². The fourth-order valence-electron chi connectivity index (χ4n) is 2.73. The highest BCUT2D eigenvalue weighted by Gasteiger charge is 2.24. The van der Waals surface area contributed by atoms with Crippen molar-refractivity contribution in [3.8, 4) is 5.75 Å². The van der Waals surface area contributed by atoms with Crippen molar-refractivity contribution in [1.29, 1.82) is 0 Å². The van der Waals surface area contributed by atoms with Gasteiger partial charge in [-0.2, -0.15) is 0 Å². The zero-order valence-electron chi connectivity index (χ0n) is 14.0. The van der Waals surface area contributed by atoms with Crippen molar-refractivity contribution in [3.05, 3.63) is 35.6 Å². The second kappa shape index (κ2) is 7.61. The lowest BCUT2D eigenvalue weighted by atomic mass is 10.2. The Morgan fingerprint density at radius 3 is 2.83 bits per heavy atom. The van der Waals surface area contributed by atoms with Crippen LogP contribution in [-0.2, 0) is 0 Å². The quantitative estimate of drug-likeness (QED) is 0.852. The molecule has 2 aromatic rings. The van der Waals surface area contributed by atoms with Crippen LogP contribution in [0.2, 0.25) is 0 Å². The van der Waals surface area contributed by atoms with Gasteiger partial charge in [-0.1, -0.05) is 0 Å². The summed E-state index contributed by atoms with van der Waals surface area (Å²) in [5, 5.41) is 3.00. The first-order chi connectivity index (χ1) is 11.6. The molecule has 0 unspecified atom stereocenters. The smallest absolute Gasteiger partial charge is 0.276 e. The van der Waals surface area contributed by atoms with E-state index in [-0.39, 0.29) is 12.0 Å². The predicted molar refractivity (Wildman–Crippen MR) is 94.8 cm³/mol. The number of nitrogens with zero attached hydrogens (tertiary/aromatic N) is 4. The maximum Gasteiger partial charge on any atom is 0.276 e. The fourth-order valence-corrected chi connectivity index (χ4v) is 3.43. The van der Waals surface area contributed by atoms with E-state index >= 15 is 0 Å². The lowest BCUT2D eigenvalue weighted by Gasteiger charge is -2.22. The average Bonchev–Trinajstić information content (AvgIpc) is 2.99. The van der Waals surface area contributed by atoms with Crippen LogP contribution in [0.1, 0.15) is 30.8 Å². The molecule has 6 nitrogen and oxygen atoms in total. The molecule has 0 spiro atoms. The summed E-state index contributed by atoms with van der Waals surface area (Å²) in [6.07, 6.45) is 4.38. The highest BCUT2D eigenvalue weighted by atomic mass is 32.1. The van der Waals surface area contributed by atoms with Gasteiger partial charge in [0.05, 0.1) is 6.10 Å². The van der Waals surface area contributed by atoms with Crippen molar-refractivity contribution >= 4 is 22.4 Å². The Bertz CT molecular complexity index is 675. The monoisotopic (exact) mass is 346 g/mol. The molecule has 1 amide bonds. The minimum Gasteiger partial charge on any atom is -0.489 e. The number of carbonyl (C=O) groups excluding carboxylic acids is 1. The lowest BCUT2D eigenvalue weighted by molar-refractivity contribution is 0.0754. The molecular formula is C17H22N4O2S. The van der Waals surface area contributed by atoms with E-state index in [1.54, 1.807) is 29.7 Å². The molecule has 7 heteroatoms. The maximum atomic E-state index is 12.9. The number of anilines is 1. The summed E-state index contributed by atoms with van der Waals surface area (Å²) in [5.41, 5.74) is 0.397. The zero-order valence-corrected chi connectivity index (χ0v) is 14.8. The Kier molecular flexibility index (Phi) is 5.30. The first-order valence-electron chi connectivity index (χ1n) is 8.20. The van der Waals surface area contributed by atoms with E-state index in [0.29, 0.717) is 18.0 Å². The largest absolute Gasteiger partial charge is 0.489 e. The summed E-state index contributed by atoms with van der Waals surface area (Å²) in [4.78, 5) is 25.6. The molecule has 1 saturated heterocycles. The molecule has 3 heterocycles. The molecular weight excluding hydrogens is 324 g/mol.